The molecule has 0 fully saturated rings. The van der Waals surface area contributed by atoms with Gasteiger partial charge in [0, 0.05) is 19.1 Å². The number of aliphatic imine (C=N–C) groups is 1. The fourth-order valence-corrected chi connectivity index (χ4v) is 1.68. The minimum absolute atomic E-state index is 0.0288. The maximum atomic E-state index is 11.5. The first-order valence-corrected chi connectivity index (χ1v) is 7.81. The van der Waals surface area contributed by atoms with Crippen LogP contribution in [0.15, 0.2) is 4.99 Å². The zero-order valence-corrected chi connectivity index (χ0v) is 13.8. The van der Waals surface area contributed by atoms with Crippen LogP contribution >= 0.6 is 0 Å². The molecule has 0 aliphatic heterocycles. The number of nitrogens with one attached hydrogen (secondary N) is 3. The van der Waals surface area contributed by atoms with Crippen LogP contribution in [0.2, 0.25) is 0 Å². The second-order valence-corrected chi connectivity index (χ2v) is 5.56. The van der Waals surface area contributed by atoms with Gasteiger partial charge >= 0.3 is 0 Å². The highest BCUT2D eigenvalue weighted by Gasteiger charge is 2.07. The Labute approximate surface area is 124 Å². The molecule has 0 aromatic rings. The summed E-state index contributed by atoms with van der Waals surface area (Å²) in [5.41, 5.74) is 0. The third-order valence-corrected chi connectivity index (χ3v) is 2.86. The van der Waals surface area contributed by atoms with Gasteiger partial charge in [0.1, 0.15) is 6.54 Å². The van der Waals surface area contributed by atoms with Gasteiger partial charge in [-0.3, -0.25) is 4.79 Å². The number of carbonyl (C=O) groups is 1. The van der Waals surface area contributed by atoms with Crippen molar-refractivity contribution in [2.24, 2.45) is 10.9 Å². The number of nitrogens with zero attached hydrogens (tertiary/aromatic N) is 1. The van der Waals surface area contributed by atoms with Crippen molar-refractivity contribution in [3.8, 4) is 0 Å². The van der Waals surface area contributed by atoms with Crippen LogP contribution in [-0.4, -0.2) is 37.5 Å². The Balaban J connectivity index is 4.22. The van der Waals surface area contributed by atoms with Crippen molar-refractivity contribution >= 4 is 11.9 Å². The molecule has 0 saturated carbocycles. The Morgan fingerprint density at radius 3 is 2.35 bits per heavy atom. The summed E-state index contributed by atoms with van der Waals surface area (Å²) in [6, 6.07) is 0.355. The molecule has 0 aliphatic rings. The predicted octanol–water partition coefficient (Wildman–Crippen LogP) is 1.89. The van der Waals surface area contributed by atoms with Crippen LogP contribution < -0.4 is 16.0 Å². The Hall–Kier alpha value is -1.26. The normalized spacial score (nSPS) is 13.2. The molecule has 0 aromatic carbocycles. The molecule has 0 aliphatic carbocycles. The van der Waals surface area contributed by atoms with E-state index in [9.17, 15) is 4.79 Å². The van der Waals surface area contributed by atoms with E-state index in [2.05, 4.69) is 41.7 Å². The summed E-state index contributed by atoms with van der Waals surface area (Å²) in [7, 11) is 0. The lowest BCUT2D eigenvalue weighted by molar-refractivity contribution is -0.119. The minimum Gasteiger partial charge on any atom is -0.357 e. The van der Waals surface area contributed by atoms with Gasteiger partial charge < -0.3 is 16.0 Å². The van der Waals surface area contributed by atoms with Gasteiger partial charge in [0.25, 0.3) is 0 Å². The monoisotopic (exact) mass is 284 g/mol. The lowest BCUT2D eigenvalue weighted by Crippen LogP contribution is -2.43. The average molecular weight is 284 g/mol. The summed E-state index contributed by atoms with van der Waals surface area (Å²) >= 11 is 0. The number of rotatable bonds is 9. The van der Waals surface area contributed by atoms with Crippen molar-refractivity contribution < 1.29 is 4.79 Å². The van der Waals surface area contributed by atoms with Gasteiger partial charge in [-0.2, -0.15) is 0 Å². The van der Waals surface area contributed by atoms with Crippen molar-refractivity contribution in [1.29, 1.82) is 0 Å². The number of hydrogen-bond acceptors (Lipinski definition) is 2. The van der Waals surface area contributed by atoms with Gasteiger partial charge in [-0.05, 0) is 39.0 Å². The first-order chi connectivity index (χ1) is 9.49. The Morgan fingerprint density at radius 2 is 1.80 bits per heavy atom. The van der Waals surface area contributed by atoms with E-state index in [0.717, 1.165) is 25.3 Å². The molecule has 0 rings (SSSR count). The molecule has 20 heavy (non-hydrogen) atoms. The molecule has 0 bridgehead atoms. The van der Waals surface area contributed by atoms with E-state index >= 15 is 0 Å². The topological polar surface area (TPSA) is 65.5 Å². The van der Waals surface area contributed by atoms with Crippen LogP contribution in [0.4, 0.5) is 0 Å². The second kappa shape index (κ2) is 11.6. The maximum absolute atomic E-state index is 11.5. The van der Waals surface area contributed by atoms with Gasteiger partial charge in [0.05, 0.1) is 0 Å². The zero-order valence-electron chi connectivity index (χ0n) is 13.8. The summed E-state index contributed by atoms with van der Waals surface area (Å²) < 4.78 is 0. The second-order valence-electron chi connectivity index (χ2n) is 5.56. The van der Waals surface area contributed by atoms with E-state index in [0.29, 0.717) is 18.5 Å². The highest BCUT2D eigenvalue weighted by molar-refractivity contribution is 5.85. The van der Waals surface area contributed by atoms with Crippen LogP contribution in [-0.2, 0) is 4.79 Å². The Kier molecular flexibility index (Phi) is 10.8. The highest BCUT2D eigenvalue weighted by Crippen LogP contribution is 2.06. The molecule has 1 unspecified atom stereocenters. The van der Waals surface area contributed by atoms with Crippen molar-refractivity contribution in [2.75, 3.05) is 19.6 Å². The standard InChI is InChI=1S/C15H32N4O/c1-6-10-17-14(20)11-18-15(16-7-2)19-13(5)9-8-12(3)4/h12-13H,6-11H2,1-5H3,(H,17,20)(H2,16,18,19). The van der Waals surface area contributed by atoms with Crippen LogP contribution in [0.1, 0.15) is 53.9 Å². The van der Waals surface area contributed by atoms with E-state index in [1.165, 1.54) is 6.42 Å². The molecule has 0 aromatic heterocycles. The van der Waals surface area contributed by atoms with Crippen molar-refractivity contribution in [1.82, 2.24) is 16.0 Å². The largest absolute Gasteiger partial charge is 0.357 e. The zero-order chi connectivity index (χ0) is 15.4. The lowest BCUT2D eigenvalue weighted by Gasteiger charge is -2.18. The average Bonchev–Trinajstić information content (AvgIpc) is 2.40. The van der Waals surface area contributed by atoms with E-state index in [1.807, 2.05) is 13.8 Å². The fraction of sp³-hybridized carbons (Fsp3) is 0.867. The molecule has 1 atom stereocenters. The third-order valence-electron chi connectivity index (χ3n) is 2.86. The molecule has 5 nitrogen and oxygen atoms in total. The molecule has 1 amide bonds. The van der Waals surface area contributed by atoms with Crippen molar-refractivity contribution in [2.45, 2.75) is 59.9 Å². The van der Waals surface area contributed by atoms with E-state index < -0.39 is 0 Å². The van der Waals surface area contributed by atoms with Crippen LogP contribution in [0.5, 0.6) is 0 Å². The maximum Gasteiger partial charge on any atom is 0.241 e. The van der Waals surface area contributed by atoms with E-state index in [-0.39, 0.29) is 12.5 Å². The van der Waals surface area contributed by atoms with Crippen molar-refractivity contribution in [3.63, 3.8) is 0 Å². The first kappa shape index (κ1) is 18.7. The van der Waals surface area contributed by atoms with E-state index in [1.54, 1.807) is 0 Å². The molecular formula is C15H32N4O. The highest BCUT2D eigenvalue weighted by atomic mass is 16.1. The minimum atomic E-state index is -0.0288. The van der Waals surface area contributed by atoms with Gasteiger partial charge in [-0.1, -0.05) is 20.8 Å². The number of carbonyl (C=O) groups excluding carboxylic acids is 1. The molecule has 118 valence electrons. The van der Waals surface area contributed by atoms with Crippen LogP contribution in [0.25, 0.3) is 0 Å². The quantitative estimate of drug-likeness (QED) is 0.447. The molecule has 5 heteroatoms. The first-order valence-electron chi connectivity index (χ1n) is 7.81. The summed E-state index contributed by atoms with van der Waals surface area (Å²) in [4.78, 5) is 15.9. The van der Waals surface area contributed by atoms with Crippen molar-refractivity contribution in [3.05, 3.63) is 0 Å². The smallest absolute Gasteiger partial charge is 0.241 e. The van der Waals surface area contributed by atoms with Gasteiger partial charge in [0.2, 0.25) is 5.91 Å². The molecule has 0 spiro atoms. The number of amides is 1. The third kappa shape index (κ3) is 10.6. The van der Waals surface area contributed by atoms with Gasteiger partial charge in [-0.25, -0.2) is 4.99 Å². The summed E-state index contributed by atoms with van der Waals surface area (Å²) in [6.45, 7) is 12.3. The molecule has 3 N–H and O–H groups in total. The molecular weight excluding hydrogens is 252 g/mol. The summed E-state index contributed by atoms with van der Waals surface area (Å²) in [6.07, 6.45) is 3.23. The van der Waals surface area contributed by atoms with Crippen LogP contribution in [0.3, 0.4) is 0 Å². The number of hydrogen-bond donors (Lipinski definition) is 3. The fourth-order valence-electron chi connectivity index (χ4n) is 1.68. The van der Waals surface area contributed by atoms with Crippen LogP contribution in [0, 0.1) is 5.92 Å². The predicted molar refractivity (Wildman–Crippen MR) is 85.9 cm³/mol. The molecule has 0 radical (unpaired) electrons. The van der Waals surface area contributed by atoms with Gasteiger partial charge in [-0.15, -0.1) is 0 Å². The van der Waals surface area contributed by atoms with E-state index in [4.69, 9.17) is 0 Å². The summed E-state index contributed by atoms with van der Waals surface area (Å²) in [5.74, 6) is 1.40. The number of guanidine groups is 1. The Morgan fingerprint density at radius 1 is 1.10 bits per heavy atom. The summed E-state index contributed by atoms with van der Waals surface area (Å²) in [5, 5.41) is 9.34. The Bertz CT molecular complexity index is 290. The lowest BCUT2D eigenvalue weighted by atomic mass is 10.0. The van der Waals surface area contributed by atoms with Gasteiger partial charge in [0.15, 0.2) is 5.96 Å². The SMILES string of the molecule is CCCNC(=O)CN=C(NCC)NC(C)CCC(C)C. The molecule has 0 heterocycles. The molecule has 0 saturated heterocycles.